The summed E-state index contributed by atoms with van der Waals surface area (Å²) in [4.78, 5) is 0. The van der Waals surface area contributed by atoms with E-state index in [0.717, 1.165) is 73.1 Å². The quantitative estimate of drug-likeness (QED) is 0.121. The van der Waals surface area contributed by atoms with Gasteiger partial charge in [-0.2, -0.15) is 13.2 Å². The summed E-state index contributed by atoms with van der Waals surface area (Å²) in [7, 11) is 0. The average molecular weight is 1410 g/mol. The molecule has 0 saturated carbocycles. The Morgan fingerprint density at radius 3 is 0.826 bits per heavy atom. The van der Waals surface area contributed by atoms with E-state index in [0.29, 0.717) is 0 Å². The maximum Gasteiger partial charge on any atom is 0.416 e. The van der Waals surface area contributed by atoms with Crippen LogP contribution < -0.4 is 0 Å². The maximum atomic E-state index is 13.2. The lowest BCUT2D eigenvalue weighted by molar-refractivity contribution is -0.137. The molecule has 2 heterocycles. The van der Waals surface area contributed by atoms with Gasteiger partial charge in [0.25, 0.3) is 0 Å². The summed E-state index contributed by atoms with van der Waals surface area (Å²) >= 11 is 0. The SMILES string of the molecule is Cc1cc(C)c(-c2cccc(-c3ccc4c(c3)c3ccccc3n4-c3ccc(-c4c5ccccc5c(-c5ccccc5)c5ccccc45)cc3)c2)c(C)c1.FC(F)(F)c1ccc(-c2cccc(-c3ccc4c(c3)c3ccccc3n4-c3ccc(-c4c5ccccc5c(-c5ccccc5)c5ccccc45)cc3)c2)cc1. The Labute approximate surface area is 630 Å². The topological polar surface area (TPSA) is 9.86 Å². The van der Waals surface area contributed by atoms with E-state index in [1.807, 2.05) is 24.3 Å². The van der Waals surface area contributed by atoms with Gasteiger partial charge >= 0.3 is 6.18 Å². The zero-order valence-electron chi connectivity index (χ0n) is 60.3. The number of alkyl halides is 3. The zero-order valence-corrected chi connectivity index (χ0v) is 60.3. The second-order valence-electron chi connectivity index (χ2n) is 28.7. The molecule has 0 bridgehead atoms. The van der Waals surface area contributed by atoms with Gasteiger partial charge in [0.2, 0.25) is 0 Å². The first-order valence-corrected chi connectivity index (χ1v) is 37.2. The molecule has 0 unspecified atom stereocenters. The fourth-order valence-corrected chi connectivity index (χ4v) is 17.3. The number of nitrogens with zero attached hydrogens (tertiary/aromatic N) is 2. The Morgan fingerprint density at radius 1 is 0.193 bits per heavy atom. The van der Waals surface area contributed by atoms with Gasteiger partial charge in [-0.05, 0) is 249 Å². The monoisotopic (exact) mass is 1400 g/mol. The van der Waals surface area contributed by atoms with Crippen molar-refractivity contribution in [1.29, 1.82) is 0 Å². The van der Waals surface area contributed by atoms with Gasteiger partial charge in [-0.3, -0.25) is 0 Å². The zero-order chi connectivity index (χ0) is 73.4. The largest absolute Gasteiger partial charge is 0.416 e. The second kappa shape index (κ2) is 27.1. The number of benzene rings is 18. The lowest BCUT2D eigenvalue weighted by Crippen LogP contribution is -2.03. The summed E-state index contributed by atoms with van der Waals surface area (Å²) in [6.07, 6.45) is -4.37. The van der Waals surface area contributed by atoms with Crippen LogP contribution in [0.4, 0.5) is 13.2 Å². The number of halogens is 3. The van der Waals surface area contributed by atoms with Crippen molar-refractivity contribution in [1.82, 2.24) is 9.13 Å². The van der Waals surface area contributed by atoms with Crippen LogP contribution in [0.2, 0.25) is 0 Å². The second-order valence-corrected chi connectivity index (χ2v) is 28.7. The molecule has 0 saturated heterocycles. The number of hydrogen-bond acceptors (Lipinski definition) is 0. The molecule has 0 atom stereocenters. The molecule has 2 nitrogen and oxygen atoms in total. The minimum Gasteiger partial charge on any atom is -0.309 e. The molecule has 0 aliphatic heterocycles. The van der Waals surface area contributed by atoms with Crippen LogP contribution in [-0.4, -0.2) is 9.13 Å². The molecule has 2 aromatic heterocycles. The van der Waals surface area contributed by atoms with Crippen LogP contribution in [-0.2, 0) is 6.18 Å². The fourth-order valence-electron chi connectivity index (χ4n) is 17.3. The molecule has 18 aromatic carbocycles. The predicted molar refractivity (Wildman–Crippen MR) is 454 cm³/mol. The van der Waals surface area contributed by atoms with E-state index in [1.54, 1.807) is 0 Å². The number of fused-ring (bicyclic) bond motifs is 10. The number of rotatable bonds is 10. The van der Waals surface area contributed by atoms with Gasteiger partial charge in [0.15, 0.2) is 0 Å². The molecule has 0 radical (unpaired) electrons. The lowest BCUT2D eigenvalue weighted by Gasteiger charge is -2.18. The van der Waals surface area contributed by atoms with Gasteiger partial charge in [-0.1, -0.05) is 297 Å². The molecular formula is C104H71F3N2. The van der Waals surface area contributed by atoms with Crippen molar-refractivity contribution in [2.24, 2.45) is 0 Å². The molecule has 0 N–H and O–H groups in total. The highest BCUT2D eigenvalue weighted by molar-refractivity contribution is 6.23. The normalized spacial score (nSPS) is 11.8. The minimum atomic E-state index is -4.37. The Kier molecular flexibility index (Phi) is 16.4. The van der Waals surface area contributed by atoms with Crippen LogP contribution in [0, 0.1) is 20.8 Å². The maximum absolute atomic E-state index is 13.2. The summed E-state index contributed by atoms with van der Waals surface area (Å²) in [5.74, 6) is 0. The van der Waals surface area contributed by atoms with Gasteiger partial charge in [-0.25, -0.2) is 0 Å². The third kappa shape index (κ3) is 11.7. The summed E-state index contributed by atoms with van der Waals surface area (Å²) in [6, 6.07) is 132. The van der Waals surface area contributed by atoms with E-state index in [-0.39, 0.29) is 0 Å². The molecule has 0 aliphatic rings. The van der Waals surface area contributed by atoms with Crippen molar-refractivity contribution in [2.45, 2.75) is 26.9 Å². The number of hydrogen-bond donors (Lipinski definition) is 0. The van der Waals surface area contributed by atoms with E-state index >= 15 is 0 Å². The number of aryl methyl sites for hydroxylation is 3. The van der Waals surface area contributed by atoms with Crippen molar-refractivity contribution >= 4 is 86.7 Å². The van der Waals surface area contributed by atoms with Crippen molar-refractivity contribution in [3.63, 3.8) is 0 Å². The molecule has 0 fully saturated rings. The van der Waals surface area contributed by atoms with Crippen LogP contribution in [0.1, 0.15) is 22.3 Å². The van der Waals surface area contributed by atoms with Crippen LogP contribution in [0.15, 0.2) is 376 Å². The highest BCUT2D eigenvalue weighted by atomic mass is 19.4. The summed E-state index contributed by atoms with van der Waals surface area (Å²) in [6.45, 7) is 6.62. The Balaban J connectivity index is 0.000000148. The van der Waals surface area contributed by atoms with Gasteiger partial charge in [-0.15, -0.1) is 0 Å². The first-order valence-electron chi connectivity index (χ1n) is 37.2. The smallest absolute Gasteiger partial charge is 0.309 e. The Hall–Kier alpha value is -13.6. The molecule has 5 heteroatoms. The van der Waals surface area contributed by atoms with Crippen molar-refractivity contribution in [3.05, 3.63) is 398 Å². The summed E-state index contributed by atoms with van der Waals surface area (Å²) < 4.78 is 44.4. The van der Waals surface area contributed by atoms with Gasteiger partial charge in [0.05, 0.1) is 27.6 Å². The van der Waals surface area contributed by atoms with Gasteiger partial charge in [0.1, 0.15) is 0 Å². The number of para-hydroxylation sites is 2. The first kappa shape index (κ1) is 66.1. The molecule has 20 aromatic rings. The van der Waals surface area contributed by atoms with Crippen molar-refractivity contribution < 1.29 is 13.2 Å². The molecule has 20 rings (SSSR count). The fraction of sp³-hybridized carbons (Fsp3) is 0.0385. The van der Waals surface area contributed by atoms with E-state index in [2.05, 4.69) is 357 Å². The average Bonchev–Trinajstić information content (AvgIpc) is 1.37. The van der Waals surface area contributed by atoms with E-state index in [4.69, 9.17) is 0 Å². The summed E-state index contributed by atoms with van der Waals surface area (Å²) in [5, 5.41) is 14.8. The van der Waals surface area contributed by atoms with Crippen LogP contribution in [0.5, 0.6) is 0 Å². The standard InChI is InChI=1S/C53H39N.C51H32F3N/c1-34-30-35(2)51(36(3)31-34)41-17-13-16-39(32-41)40-26-29-50-48(33-40)43-18-11-12-23-49(43)54(50)42-27-24-38(25-28-42)53-46-21-9-7-19-44(46)52(37-14-5-4-6-15-37)45-20-8-10-22-47(45)53;52-51(53,54)39-26-21-33(22-27-39)36-13-10-14-37(31-36)38-25-30-48-46(32-38)41-15-8-9-20-47(41)55(48)40-28-23-35(24-29-40)50-44-18-6-4-16-42(44)49(34-11-2-1-3-12-34)43-17-5-7-19-45(43)50/h4-33H,1-3H3;1-32H. The van der Waals surface area contributed by atoms with E-state index in [1.165, 1.54) is 155 Å². The van der Waals surface area contributed by atoms with E-state index in [9.17, 15) is 13.2 Å². The van der Waals surface area contributed by atoms with Gasteiger partial charge < -0.3 is 9.13 Å². The first-order chi connectivity index (χ1) is 53.4. The van der Waals surface area contributed by atoms with Gasteiger partial charge in [0, 0.05) is 32.9 Å². The molecule has 0 aliphatic carbocycles. The highest BCUT2D eigenvalue weighted by Crippen LogP contribution is 2.48. The summed E-state index contributed by atoms with van der Waals surface area (Å²) in [5.41, 5.74) is 28.7. The minimum absolute atomic E-state index is 0.650. The Morgan fingerprint density at radius 2 is 0.459 bits per heavy atom. The molecule has 109 heavy (non-hydrogen) atoms. The molecule has 0 spiro atoms. The van der Waals surface area contributed by atoms with E-state index < -0.39 is 11.7 Å². The predicted octanol–water partition coefficient (Wildman–Crippen LogP) is 29.5. The third-order valence-electron chi connectivity index (χ3n) is 22.1. The van der Waals surface area contributed by atoms with Crippen LogP contribution in [0.25, 0.3) is 187 Å². The van der Waals surface area contributed by atoms with Crippen LogP contribution in [0.3, 0.4) is 0 Å². The number of aromatic nitrogens is 2. The molecule has 518 valence electrons. The third-order valence-corrected chi connectivity index (χ3v) is 22.1. The lowest BCUT2D eigenvalue weighted by atomic mass is 9.86. The van der Waals surface area contributed by atoms with Crippen LogP contribution >= 0.6 is 0 Å². The molecular weight excluding hydrogens is 1330 g/mol. The Bertz CT molecular complexity index is 6810. The van der Waals surface area contributed by atoms with Crippen molar-refractivity contribution in [3.8, 4) is 100 Å². The highest BCUT2D eigenvalue weighted by Gasteiger charge is 2.30. The molecule has 0 amide bonds. The van der Waals surface area contributed by atoms with Crippen molar-refractivity contribution in [2.75, 3.05) is 0 Å².